The van der Waals surface area contributed by atoms with E-state index in [1.807, 2.05) is 49.1 Å². The van der Waals surface area contributed by atoms with Gasteiger partial charge in [0, 0.05) is 36.6 Å². The Morgan fingerprint density at radius 3 is 2.52 bits per heavy atom. The van der Waals surface area contributed by atoms with Crippen molar-refractivity contribution in [2.45, 2.75) is 38.5 Å². The van der Waals surface area contributed by atoms with Crippen LogP contribution in [0.1, 0.15) is 60.7 Å². The van der Waals surface area contributed by atoms with Gasteiger partial charge in [0.25, 0.3) is 5.91 Å². The number of piperidine rings is 1. The lowest BCUT2D eigenvalue weighted by Gasteiger charge is -2.29. The van der Waals surface area contributed by atoms with Crippen LogP contribution in [0.3, 0.4) is 0 Å². The molecule has 4 rings (SSSR count). The molecule has 7 nitrogen and oxygen atoms in total. The van der Waals surface area contributed by atoms with Crippen LogP contribution in [0.15, 0.2) is 45.4 Å². The number of aromatic nitrogens is 3. The van der Waals surface area contributed by atoms with Crippen LogP contribution in [-0.2, 0) is 0 Å². The smallest absolute Gasteiger partial charge is 0.276 e. The fourth-order valence-corrected chi connectivity index (χ4v) is 3.26. The molecule has 2 aromatic heterocycles. The number of amides is 1. The summed E-state index contributed by atoms with van der Waals surface area (Å²) in [6.45, 7) is 5.29. The minimum Gasteiger partial charge on any atom is -0.360 e. The van der Waals surface area contributed by atoms with Gasteiger partial charge < -0.3 is 13.9 Å². The number of hydrogen-bond donors (Lipinski definition) is 0. The van der Waals surface area contributed by atoms with Crippen molar-refractivity contribution in [2.24, 2.45) is 0 Å². The van der Waals surface area contributed by atoms with Crippen molar-refractivity contribution in [1.29, 1.82) is 0 Å². The lowest BCUT2D eigenvalue weighted by atomic mass is 9.96. The molecule has 0 spiro atoms. The van der Waals surface area contributed by atoms with Gasteiger partial charge in [-0.3, -0.25) is 4.79 Å². The Hall–Kier alpha value is -2.96. The van der Waals surface area contributed by atoms with E-state index in [2.05, 4.69) is 15.3 Å². The molecule has 0 radical (unpaired) electrons. The summed E-state index contributed by atoms with van der Waals surface area (Å²) < 4.78 is 10.7. The summed E-state index contributed by atoms with van der Waals surface area (Å²) in [5, 5.41) is 8.01. The molecule has 27 heavy (non-hydrogen) atoms. The number of carbonyl (C=O) groups excluding carboxylic acids is 1. The molecular weight excluding hydrogens is 344 g/mol. The third-order valence-electron chi connectivity index (χ3n) is 4.92. The molecule has 0 unspecified atom stereocenters. The first kappa shape index (κ1) is 17.5. The highest BCUT2D eigenvalue weighted by molar-refractivity contribution is 5.92. The number of carbonyl (C=O) groups is 1. The van der Waals surface area contributed by atoms with Crippen molar-refractivity contribution >= 4 is 5.91 Å². The van der Waals surface area contributed by atoms with Crippen molar-refractivity contribution in [1.82, 2.24) is 20.2 Å². The van der Waals surface area contributed by atoms with Crippen LogP contribution >= 0.6 is 0 Å². The number of hydrogen-bond acceptors (Lipinski definition) is 6. The summed E-state index contributed by atoms with van der Waals surface area (Å²) in [6, 6.07) is 11.5. The van der Waals surface area contributed by atoms with Crippen LogP contribution in [0.2, 0.25) is 0 Å². The first-order valence-corrected chi connectivity index (χ1v) is 9.26. The van der Waals surface area contributed by atoms with E-state index in [-0.39, 0.29) is 17.7 Å². The van der Waals surface area contributed by atoms with Crippen LogP contribution in [0.4, 0.5) is 0 Å². The number of rotatable bonds is 4. The Kier molecular flexibility index (Phi) is 4.75. The molecule has 0 bridgehead atoms. The van der Waals surface area contributed by atoms with Gasteiger partial charge >= 0.3 is 0 Å². The van der Waals surface area contributed by atoms with E-state index in [1.165, 1.54) is 0 Å². The van der Waals surface area contributed by atoms with Crippen LogP contribution in [0.25, 0.3) is 11.4 Å². The van der Waals surface area contributed by atoms with Crippen LogP contribution < -0.4 is 0 Å². The van der Waals surface area contributed by atoms with Gasteiger partial charge in [-0.05, 0) is 12.8 Å². The highest BCUT2D eigenvalue weighted by atomic mass is 16.5. The SMILES string of the molecule is CC(C)c1cc(C(=O)N2CCC(c3nc(-c4ccccc4)no3)CC2)no1. The van der Waals surface area contributed by atoms with E-state index in [9.17, 15) is 4.79 Å². The molecule has 1 saturated heterocycles. The fourth-order valence-electron chi connectivity index (χ4n) is 3.26. The maximum atomic E-state index is 12.6. The largest absolute Gasteiger partial charge is 0.360 e. The number of nitrogens with zero attached hydrogens (tertiary/aromatic N) is 4. The lowest BCUT2D eigenvalue weighted by molar-refractivity contribution is 0.0694. The average Bonchev–Trinajstić information content (AvgIpc) is 3.38. The van der Waals surface area contributed by atoms with Crippen molar-refractivity contribution in [3.05, 3.63) is 53.7 Å². The zero-order chi connectivity index (χ0) is 18.8. The predicted molar refractivity (Wildman–Crippen MR) is 98.2 cm³/mol. The average molecular weight is 366 g/mol. The number of likely N-dealkylation sites (tertiary alicyclic amines) is 1. The lowest BCUT2D eigenvalue weighted by Crippen LogP contribution is -2.38. The first-order valence-electron chi connectivity index (χ1n) is 9.26. The molecule has 1 fully saturated rings. The summed E-state index contributed by atoms with van der Waals surface area (Å²) in [5.74, 6) is 2.27. The third-order valence-corrected chi connectivity index (χ3v) is 4.92. The molecule has 1 amide bonds. The summed E-state index contributed by atoms with van der Waals surface area (Å²) in [7, 11) is 0. The molecule has 0 atom stereocenters. The van der Waals surface area contributed by atoms with Gasteiger partial charge in [-0.2, -0.15) is 4.98 Å². The van der Waals surface area contributed by atoms with Gasteiger partial charge in [0.2, 0.25) is 11.7 Å². The van der Waals surface area contributed by atoms with Gasteiger partial charge in [0.15, 0.2) is 5.69 Å². The first-order chi connectivity index (χ1) is 13.1. The van der Waals surface area contributed by atoms with Gasteiger partial charge in [-0.1, -0.05) is 54.5 Å². The summed E-state index contributed by atoms with van der Waals surface area (Å²) in [6.07, 6.45) is 1.58. The summed E-state index contributed by atoms with van der Waals surface area (Å²) >= 11 is 0. The molecule has 1 aliphatic rings. The topological polar surface area (TPSA) is 85.3 Å². The fraction of sp³-hybridized carbons (Fsp3) is 0.400. The van der Waals surface area contributed by atoms with E-state index in [4.69, 9.17) is 9.05 Å². The molecule has 1 aliphatic heterocycles. The van der Waals surface area contributed by atoms with E-state index in [0.29, 0.717) is 30.5 Å². The van der Waals surface area contributed by atoms with Crippen LogP contribution in [-0.4, -0.2) is 39.2 Å². The Labute approximate surface area is 157 Å². The van der Waals surface area contributed by atoms with Gasteiger partial charge in [0.05, 0.1) is 0 Å². The Morgan fingerprint density at radius 2 is 1.85 bits per heavy atom. The highest BCUT2D eigenvalue weighted by Gasteiger charge is 2.29. The minimum absolute atomic E-state index is 0.0837. The monoisotopic (exact) mass is 366 g/mol. The molecule has 0 saturated carbocycles. The van der Waals surface area contributed by atoms with Crippen molar-refractivity contribution in [3.63, 3.8) is 0 Å². The second kappa shape index (κ2) is 7.34. The van der Waals surface area contributed by atoms with E-state index in [1.54, 1.807) is 6.07 Å². The molecular formula is C20H22N4O3. The molecule has 0 N–H and O–H groups in total. The Morgan fingerprint density at radius 1 is 1.11 bits per heavy atom. The minimum atomic E-state index is -0.0837. The van der Waals surface area contributed by atoms with E-state index in [0.717, 1.165) is 24.2 Å². The van der Waals surface area contributed by atoms with Crippen LogP contribution in [0, 0.1) is 0 Å². The quantitative estimate of drug-likeness (QED) is 0.697. The molecule has 7 heteroatoms. The number of benzene rings is 1. The standard InChI is InChI=1S/C20H22N4O3/c1-13(2)17-12-16(22-26-17)20(25)24-10-8-15(9-11-24)19-21-18(23-27-19)14-6-4-3-5-7-14/h3-7,12-13,15H,8-11H2,1-2H3. The highest BCUT2D eigenvalue weighted by Crippen LogP contribution is 2.29. The van der Waals surface area contributed by atoms with E-state index < -0.39 is 0 Å². The third kappa shape index (κ3) is 3.63. The van der Waals surface area contributed by atoms with Gasteiger partial charge in [-0.15, -0.1) is 0 Å². The van der Waals surface area contributed by atoms with Crippen LogP contribution in [0.5, 0.6) is 0 Å². The maximum absolute atomic E-state index is 12.6. The molecule has 1 aromatic carbocycles. The molecule has 3 aromatic rings. The summed E-state index contributed by atoms with van der Waals surface area (Å²) in [4.78, 5) is 19.0. The van der Waals surface area contributed by atoms with E-state index >= 15 is 0 Å². The Balaban J connectivity index is 1.39. The predicted octanol–water partition coefficient (Wildman–Crippen LogP) is 3.87. The van der Waals surface area contributed by atoms with Crippen molar-refractivity contribution in [2.75, 3.05) is 13.1 Å². The zero-order valence-corrected chi connectivity index (χ0v) is 15.5. The van der Waals surface area contributed by atoms with Crippen molar-refractivity contribution in [3.8, 4) is 11.4 Å². The molecule has 3 heterocycles. The molecule has 140 valence electrons. The normalized spacial score (nSPS) is 15.4. The maximum Gasteiger partial charge on any atom is 0.276 e. The Bertz CT molecular complexity index is 908. The van der Waals surface area contributed by atoms with Gasteiger partial charge in [-0.25, -0.2) is 0 Å². The molecule has 0 aliphatic carbocycles. The van der Waals surface area contributed by atoms with Gasteiger partial charge in [0.1, 0.15) is 5.76 Å². The summed E-state index contributed by atoms with van der Waals surface area (Å²) in [5.41, 5.74) is 1.31. The second-order valence-electron chi connectivity index (χ2n) is 7.16. The zero-order valence-electron chi connectivity index (χ0n) is 15.5. The van der Waals surface area contributed by atoms with Crippen molar-refractivity contribution < 1.29 is 13.8 Å². The second-order valence-corrected chi connectivity index (χ2v) is 7.16.